The highest BCUT2D eigenvalue weighted by molar-refractivity contribution is 7.89. The van der Waals surface area contributed by atoms with Crippen molar-refractivity contribution in [3.63, 3.8) is 0 Å². The molecular formula is C20H26FN3O3S. The van der Waals surface area contributed by atoms with Crippen LogP contribution < -0.4 is 10.2 Å². The minimum absolute atomic E-state index is 0.0506. The molecule has 0 atom stereocenters. The number of anilines is 1. The van der Waals surface area contributed by atoms with Crippen LogP contribution in [-0.4, -0.2) is 52.9 Å². The van der Waals surface area contributed by atoms with Crippen LogP contribution in [0.2, 0.25) is 0 Å². The third kappa shape index (κ3) is 6.03. The van der Waals surface area contributed by atoms with E-state index in [1.807, 2.05) is 31.1 Å². The van der Waals surface area contributed by atoms with Crippen molar-refractivity contribution in [3.05, 3.63) is 59.9 Å². The van der Waals surface area contributed by atoms with Gasteiger partial charge in [-0.2, -0.15) is 4.31 Å². The lowest BCUT2D eigenvalue weighted by molar-refractivity contribution is -0.121. The summed E-state index contributed by atoms with van der Waals surface area (Å²) < 4.78 is 38.7. The van der Waals surface area contributed by atoms with Gasteiger partial charge in [-0.15, -0.1) is 0 Å². The monoisotopic (exact) mass is 407 g/mol. The molecule has 2 rings (SSSR count). The molecule has 28 heavy (non-hydrogen) atoms. The van der Waals surface area contributed by atoms with Gasteiger partial charge in [0.1, 0.15) is 5.82 Å². The van der Waals surface area contributed by atoms with Gasteiger partial charge in [0.25, 0.3) is 0 Å². The lowest BCUT2D eigenvalue weighted by Crippen LogP contribution is -2.38. The molecule has 0 heterocycles. The normalized spacial score (nSPS) is 11.5. The molecule has 0 spiro atoms. The summed E-state index contributed by atoms with van der Waals surface area (Å²) in [5.41, 5.74) is 2.30. The lowest BCUT2D eigenvalue weighted by Gasteiger charge is -2.17. The van der Waals surface area contributed by atoms with E-state index in [4.69, 9.17) is 0 Å². The summed E-state index contributed by atoms with van der Waals surface area (Å²) in [7, 11) is 1.46. The number of nitrogens with one attached hydrogen (secondary N) is 1. The van der Waals surface area contributed by atoms with Crippen molar-refractivity contribution >= 4 is 21.6 Å². The Morgan fingerprint density at radius 3 is 2.18 bits per heavy atom. The molecule has 2 aromatic carbocycles. The minimum Gasteiger partial charge on any atom is -0.378 e. The second-order valence-electron chi connectivity index (χ2n) is 6.73. The number of nitrogens with zero attached hydrogens (tertiary/aromatic N) is 2. The van der Waals surface area contributed by atoms with Crippen LogP contribution in [-0.2, 0) is 21.2 Å². The van der Waals surface area contributed by atoms with E-state index in [1.165, 1.54) is 24.7 Å². The molecule has 0 aliphatic heterocycles. The molecule has 1 amide bonds. The van der Waals surface area contributed by atoms with E-state index in [2.05, 4.69) is 17.4 Å². The number of amides is 1. The van der Waals surface area contributed by atoms with E-state index >= 15 is 0 Å². The predicted octanol–water partition coefficient (Wildman–Crippen LogP) is 2.26. The average molecular weight is 408 g/mol. The van der Waals surface area contributed by atoms with Crippen LogP contribution in [0.1, 0.15) is 12.0 Å². The van der Waals surface area contributed by atoms with Crippen LogP contribution in [0.5, 0.6) is 0 Å². The van der Waals surface area contributed by atoms with Gasteiger partial charge in [-0.05, 0) is 54.8 Å². The molecule has 2 aromatic rings. The number of carbonyl (C=O) groups excluding carboxylic acids is 1. The summed E-state index contributed by atoms with van der Waals surface area (Å²) >= 11 is 0. The quantitative estimate of drug-likeness (QED) is 0.648. The molecular weight excluding hydrogens is 381 g/mol. The maximum atomic E-state index is 13.0. The molecule has 8 heteroatoms. The van der Waals surface area contributed by atoms with Crippen molar-refractivity contribution in [2.24, 2.45) is 0 Å². The zero-order valence-corrected chi connectivity index (χ0v) is 17.2. The highest BCUT2D eigenvalue weighted by Crippen LogP contribution is 2.15. The molecule has 0 aromatic heterocycles. The smallest absolute Gasteiger partial charge is 0.243 e. The first-order valence-corrected chi connectivity index (χ1v) is 10.4. The minimum atomic E-state index is -3.83. The molecule has 0 aliphatic carbocycles. The number of benzene rings is 2. The largest absolute Gasteiger partial charge is 0.378 e. The van der Waals surface area contributed by atoms with Gasteiger partial charge in [0.2, 0.25) is 15.9 Å². The topological polar surface area (TPSA) is 69.7 Å². The second-order valence-corrected chi connectivity index (χ2v) is 8.77. The van der Waals surface area contributed by atoms with Crippen molar-refractivity contribution < 1.29 is 17.6 Å². The van der Waals surface area contributed by atoms with Crippen molar-refractivity contribution in [1.29, 1.82) is 0 Å². The molecule has 6 nitrogen and oxygen atoms in total. The lowest BCUT2D eigenvalue weighted by atomic mass is 10.1. The highest BCUT2D eigenvalue weighted by atomic mass is 32.2. The Kier molecular flexibility index (Phi) is 7.53. The number of sulfonamides is 1. The van der Waals surface area contributed by atoms with Crippen LogP contribution in [0.4, 0.5) is 10.1 Å². The van der Waals surface area contributed by atoms with Crippen molar-refractivity contribution in [3.8, 4) is 0 Å². The van der Waals surface area contributed by atoms with Crippen LogP contribution in [0, 0.1) is 5.82 Å². The van der Waals surface area contributed by atoms with Crippen LogP contribution in [0.15, 0.2) is 53.4 Å². The third-order valence-electron chi connectivity index (χ3n) is 4.31. The number of halogens is 1. The van der Waals surface area contributed by atoms with Gasteiger partial charge in [-0.3, -0.25) is 4.79 Å². The van der Waals surface area contributed by atoms with Crippen molar-refractivity contribution in [1.82, 2.24) is 9.62 Å². The van der Waals surface area contributed by atoms with E-state index < -0.39 is 15.8 Å². The Morgan fingerprint density at radius 2 is 1.61 bits per heavy atom. The van der Waals surface area contributed by atoms with E-state index in [1.54, 1.807) is 0 Å². The van der Waals surface area contributed by atoms with E-state index in [0.717, 1.165) is 35.0 Å². The number of likely N-dealkylation sites (N-methyl/N-ethyl adjacent to an activating group) is 1. The molecule has 0 aliphatic rings. The van der Waals surface area contributed by atoms with Gasteiger partial charge in [0.05, 0.1) is 11.4 Å². The SMILES string of the molecule is CN(C)c1ccc(CCCNC(=O)CN(C)S(=O)(=O)c2ccc(F)cc2)cc1. The van der Waals surface area contributed by atoms with Gasteiger partial charge in [0.15, 0.2) is 0 Å². The number of hydrogen-bond acceptors (Lipinski definition) is 4. The number of carbonyl (C=O) groups is 1. The fraction of sp³-hybridized carbons (Fsp3) is 0.350. The summed E-state index contributed by atoms with van der Waals surface area (Å²) in [5, 5.41) is 2.73. The number of rotatable bonds is 9. The Balaban J connectivity index is 1.77. The fourth-order valence-corrected chi connectivity index (χ4v) is 3.74. The number of hydrogen-bond donors (Lipinski definition) is 1. The second kappa shape index (κ2) is 9.66. The third-order valence-corrected chi connectivity index (χ3v) is 6.12. The highest BCUT2D eigenvalue weighted by Gasteiger charge is 2.22. The Morgan fingerprint density at radius 1 is 1.00 bits per heavy atom. The standard InChI is InChI=1S/C20H26FN3O3S/c1-23(2)18-10-6-16(7-11-18)5-4-14-22-20(25)15-24(3)28(26,27)19-12-8-17(21)9-13-19/h6-13H,4-5,14-15H2,1-3H3,(H,22,25). The summed E-state index contributed by atoms with van der Waals surface area (Å²) in [6.45, 7) is 0.163. The molecule has 0 fully saturated rings. The van der Waals surface area contributed by atoms with Crippen LogP contribution in [0.3, 0.4) is 0 Å². The molecule has 0 radical (unpaired) electrons. The maximum absolute atomic E-state index is 13.0. The van der Waals surface area contributed by atoms with Gasteiger partial charge in [-0.1, -0.05) is 12.1 Å². The molecule has 0 saturated heterocycles. The molecule has 0 bridgehead atoms. The molecule has 1 N–H and O–H groups in total. The van der Waals surface area contributed by atoms with Crippen LogP contribution >= 0.6 is 0 Å². The van der Waals surface area contributed by atoms with Gasteiger partial charge < -0.3 is 10.2 Å². The molecule has 0 unspecified atom stereocenters. The van der Waals surface area contributed by atoms with Gasteiger partial charge in [0, 0.05) is 33.4 Å². The molecule has 152 valence electrons. The van der Waals surface area contributed by atoms with Crippen molar-refractivity contribution in [2.75, 3.05) is 39.1 Å². The van der Waals surface area contributed by atoms with Crippen LogP contribution in [0.25, 0.3) is 0 Å². The first-order valence-electron chi connectivity index (χ1n) is 8.95. The predicted molar refractivity (Wildman–Crippen MR) is 108 cm³/mol. The Bertz CT molecular complexity index is 882. The summed E-state index contributed by atoms with van der Waals surface area (Å²) in [6, 6.07) is 12.7. The molecule has 0 saturated carbocycles. The fourth-order valence-electron chi connectivity index (χ4n) is 2.61. The van der Waals surface area contributed by atoms with E-state index in [9.17, 15) is 17.6 Å². The zero-order valence-electron chi connectivity index (χ0n) is 16.4. The van der Waals surface area contributed by atoms with E-state index in [0.29, 0.717) is 6.54 Å². The Labute approximate surface area is 166 Å². The first kappa shape index (κ1) is 21.8. The average Bonchev–Trinajstić information content (AvgIpc) is 2.66. The van der Waals surface area contributed by atoms with Gasteiger partial charge in [-0.25, -0.2) is 12.8 Å². The first-order chi connectivity index (χ1) is 13.2. The Hall–Kier alpha value is -2.45. The summed E-state index contributed by atoms with van der Waals surface area (Å²) in [5.74, 6) is -0.896. The van der Waals surface area contributed by atoms with Crippen molar-refractivity contribution in [2.45, 2.75) is 17.7 Å². The number of aryl methyl sites for hydroxylation is 1. The van der Waals surface area contributed by atoms with E-state index in [-0.39, 0.29) is 17.3 Å². The zero-order chi connectivity index (χ0) is 20.7. The maximum Gasteiger partial charge on any atom is 0.243 e. The van der Waals surface area contributed by atoms with Gasteiger partial charge >= 0.3 is 0 Å². The summed E-state index contributed by atoms with van der Waals surface area (Å²) in [4.78, 5) is 14.0. The summed E-state index contributed by atoms with van der Waals surface area (Å²) in [6.07, 6.45) is 1.57.